The fourth-order valence-electron chi connectivity index (χ4n) is 5.02. The van der Waals surface area contributed by atoms with E-state index in [-0.39, 0.29) is 40.5 Å². The Bertz CT molecular complexity index is 1900. The maximum Gasteiger partial charge on any atom is 0.284 e. The molecule has 44 heavy (non-hydrogen) atoms. The zero-order chi connectivity index (χ0) is 30.8. The van der Waals surface area contributed by atoms with E-state index in [1.807, 2.05) is 11.9 Å². The van der Waals surface area contributed by atoms with E-state index in [1.165, 1.54) is 45.1 Å². The van der Waals surface area contributed by atoms with Gasteiger partial charge in [0.1, 0.15) is 35.7 Å². The number of halogens is 2. The molecule has 6 rings (SSSR count). The van der Waals surface area contributed by atoms with Crippen LogP contribution in [0.15, 0.2) is 67.2 Å². The van der Waals surface area contributed by atoms with E-state index in [1.54, 1.807) is 35.0 Å². The van der Waals surface area contributed by atoms with Crippen molar-refractivity contribution in [3.63, 3.8) is 0 Å². The van der Waals surface area contributed by atoms with Crippen LogP contribution >= 0.6 is 0 Å². The number of amides is 1. The fraction of sp³-hybridized carbons (Fsp3) is 0.233. The van der Waals surface area contributed by atoms with Crippen LogP contribution in [0, 0.1) is 5.82 Å². The zero-order valence-corrected chi connectivity index (χ0v) is 24.0. The highest BCUT2D eigenvalue weighted by atomic mass is 19.1. The third-order valence-electron chi connectivity index (χ3n) is 7.32. The SMILES string of the molecule is COc1cc2ncnc(Nc3cc(F)c(Oc4ccn5ncnc5c4)cc3OC)c2cc1NC(=O)C(F)=CC1CCCN1C. The van der Waals surface area contributed by atoms with Crippen molar-refractivity contribution < 1.29 is 27.8 Å². The minimum atomic E-state index is -0.906. The predicted molar refractivity (Wildman–Crippen MR) is 159 cm³/mol. The van der Waals surface area contributed by atoms with Gasteiger partial charge < -0.3 is 24.8 Å². The van der Waals surface area contributed by atoms with Gasteiger partial charge >= 0.3 is 0 Å². The summed E-state index contributed by atoms with van der Waals surface area (Å²) in [5.41, 5.74) is 1.46. The van der Waals surface area contributed by atoms with Gasteiger partial charge in [0, 0.05) is 41.9 Å². The minimum Gasteiger partial charge on any atom is -0.494 e. The number of hydrogen-bond acceptors (Lipinski definition) is 10. The van der Waals surface area contributed by atoms with E-state index < -0.39 is 17.6 Å². The van der Waals surface area contributed by atoms with Crippen LogP contribution in [0.2, 0.25) is 0 Å². The summed E-state index contributed by atoms with van der Waals surface area (Å²) < 4.78 is 48.4. The van der Waals surface area contributed by atoms with Crippen molar-refractivity contribution in [2.24, 2.45) is 0 Å². The number of likely N-dealkylation sites (tertiary alicyclic amines) is 1. The number of fused-ring (bicyclic) bond motifs is 2. The number of ether oxygens (including phenoxy) is 3. The summed E-state index contributed by atoms with van der Waals surface area (Å²) in [6.45, 7) is 0.842. The molecule has 3 aromatic heterocycles. The van der Waals surface area contributed by atoms with Crippen molar-refractivity contribution in [3.8, 4) is 23.0 Å². The van der Waals surface area contributed by atoms with Gasteiger partial charge in [-0.3, -0.25) is 9.69 Å². The molecule has 0 spiro atoms. The number of carbonyl (C=O) groups is 1. The Balaban J connectivity index is 1.28. The molecule has 2 aromatic carbocycles. The van der Waals surface area contributed by atoms with Crippen LogP contribution in [0.25, 0.3) is 16.6 Å². The number of aromatic nitrogens is 5. The first-order valence-corrected chi connectivity index (χ1v) is 13.7. The van der Waals surface area contributed by atoms with Crippen LogP contribution in [0.4, 0.5) is 26.0 Å². The smallest absolute Gasteiger partial charge is 0.284 e. The molecule has 1 aliphatic heterocycles. The van der Waals surface area contributed by atoms with Crippen LogP contribution in [-0.4, -0.2) is 69.2 Å². The van der Waals surface area contributed by atoms with Crippen molar-refractivity contribution in [3.05, 3.63) is 73.0 Å². The van der Waals surface area contributed by atoms with Gasteiger partial charge in [-0.1, -0.05) is 0 Å². The molecule has 1 atom stereocenters. The van der Waals surface area contributed by atoms with Gasteiger partial charge in [0.2, 0.25) is 0 Å². The summed E-state index contributed by atoms with van der Waals surface area (Å²) in [5.74, 6) is -1.36. The highest BCUT2D eigenvalue weighted by Gasteiger charge is 2.23. The molecule has 1 unspecified atom stereocenters. The van der Waals surface area contributed by atoms with Crippen molar-refractivity contribution >= 4 is 39.6 Å². The van der Waals surface area contributed by atoms with Crippen LogP contribution in [0.5, 0.6) is 23.0 Å². The molecule has 2 N–H and O–H groups in total. The molecule has 1 aliphatic rings. The molecule has 1 amide bonds. The molecular formula is C30H28F2N8O4. The molecule has 0 aliphatic carbocycles. The number of nitrogens with zero attached hydrogens (tertiary/aromatic N) is 6. The monoisotopic (exact) mass is 602 g/mol. The summed E-state index contributed by atoms with van der Waals surface area (Å²) in [7, 11) is 4.76. The van der Waals surface area contributed by atoms with Gasteiger partial charge in [0.15, 0.2) is 23.0 Å². The molecule has 0 bridgehead atoms. The quantitative estimate of drug-likeness (QED) is 0.216. The Labute approximate surface area is 250 Å². The summed E-state index contributed by atoms with van der Waals surface area (Å²) in [5, 5.41) is 10.1. The lowest BCUT2D eigenvalue weighted by Crippen LogP contribution is -2.24. The summed E-state index contributed by atoms with van der Waals surface area (Å²) in [6, 6.07) is 8.87. The number of pyridine rings is 1. The minimum absolute atomic E-state index is 0.0718. The Kier molecular flexibility index (Phi) is 7.89. The number of rotatable bonds is 9. The number of benzene rings is 2. The molecule has 14 heteroatoms. The van der Waals surface area contributed by atoms with Crippen molar-refractivity contribution in [1.82, 2.24) is 29.5 Å². The average molecular weight is 603 g/mol. The third-order valence-corrected chi connectivity index (χ3v) is 7.32. The van der Waals surface area contributed by atoms with Crippen molar-refractivity contribution in [2.75, 3.05) is 38.4 Å². The van der Waals surface area contributed by atoms with E-state index in [4.69, 9.17) is 14.2 Å². The Hall–Kier alpha value is -5.37. The molecule has 0 saturated carbocycles. The van der Waals surface area contributed by atoms with E-state index in [0.29, 0.717) is 22.3 Å². The summed E-state index contributed by atoms with van der Waals surface area (Å²) in [6.07, 6.45) is 7.41. The van der Waals surface area contributed by atoms with E-state index in [0.717, 1.165) is 19.4 Å². The fourth-order valence-corrected chi connectivity index (χ4v) is 5.02. The van der Waals surface area contributed by atoms with Gasteiger partial charge in [-0.2, -0.15) is 5.10 Å². The second kappa shape index (κ2) is 12.1. The summed E-state index contributed by atoms with van der Waals surface area (Å²) in [4.78, 5) is 27.5. The van der Waals surface area contributed by atoms with Crippen molar-refractivity contribution in [1.29, 1.82) is 0 Å². The van der Waals surface area contributed by atoms with E-state index in [2.05, 4.69) is 30.7 Å². The number of hydrogen-bond donors (Lipinski definition) is 2. The lowest BCUT2D eigenvalue weighted by Gasteiger charge is -2.17. The third kappa shape index (κ3) is 5.79. The second-order valence-electron chi connectivity index (χ2n) is 10.1. The van der Waals surface area contributed by atoms with Crippen molar-refractivity contribution in [2.45, 2.75) is 18.9 Å². The first kappa shape index (κ1) is 28.7. The van der Waals surface area contributed by atoms with Gasteiger partial charge in [-0.25, -0.2) is 28.2 Å². The summed E-state index contributed by atoms with van der Waals surface area (Å²) >= 11 is 0. The molecule has 1 fully saturated rings. The molecular weight excluding hydrogens is 574 g/mol. The number of carbonyl (C=O) groups excluding carboxylic acids is 1. The van der Waals surface area contributed by atoms with Gasteiger partial charge in [-0.15, -0.1) is 0 Å². The maximum absolute atomic E-state index is 15.3. The standard InChI is InChI=1S/C30H28F2N8O4/c1-39-7-4-5-17(39)9-21(32)30(41)38-23-11-19-22(13-26(23)42-2)33-15-35-29(19)37-24-12-20(31)25(14-27(24)43-3)44-18-6-8-40-28(10-18)34-16-36-40/h6,8-17H,4-5,7H2,1-3H3,(H,38,41)(H,33,35,37). The second-order valence-corrected chi connectivity index (χ2v) is 10.1. The molecule has 1 saturated heterocycles. The lowest BCUT2D eigenvalue weighted by atomic mass is 10.1. The molecule has 226 valence electrons. The first-order valence-electron chi connectivity index (χ1n) is 13.7. The van der Waals surface area contributed by atoms with E-state index in [9.17, 15) is 9.18 Å². The average Bonchev–Trinajstić information content (AvgIpc) is 3.66. The Morgan fingerprint density at radius 2 is 1.84 bits per heavy atom. The van der Waals surface area contributed by atoms with Gasteiger partial charge in [-0.05, 0) is 44.6 Å². The van der Waals surface area contributed by atoms with Gasteiger partial charge in [0.05, 0.1) is 31.1 Å². The highest BCUT2D eigenvalue weighted by Crippen LogP contribution is 2.38. The highest BCUT2D eigenvalue weighted by molar-refractivity contribution is 6.05. The molecule has 0 radical (unpaired) electrons. The Morgan fingerprint density at radius 3 is 2.61 bits per heavy atom. The van der Waals surface area contributed by atoms with Gasteiger partial charge in [0.25, 0.3) is 5.91 Å². The van der Waals surface area contributed by atoms with Crippen LogP contribution in [0.1, 0.15) is 12.8 Å². The largest absolute Gasteiger partial charge is 0.494 e. The molecule has 12 nitrogen and oxygen atoms in total. The zero-order valence-electron chi connectivity index (χ0n) is 24.0. The topological polar surface area (TPSA) is 128 Å². The number of methoxy groups -OCH3 is 2. The lowest BCUT2D eigenvalue weighted by molar-refractivity contribution is -0.114. The maximum atomic E-state index is 15.3. The number of nitrogens with one attached hydrogen (secondary N) is 2. The van der Waals surface area contributed by atoms with Crippen LogP contribution < -0.4 is 24.8 Å². The van der Waals surface area contributed by atoms with E-state index >= 15 is 4.39 Å². The number of likely N-dealkylation sites (N-methyl/N-ethyl adjacent to an activating group) is 1. The normalized spacial score (nSPS) is 15.5. The molecule has 4 heterocycles. The first-order chi connectivity index (χ1) is 21.3. The number of anilines is 3. The van der Waals surface area contributed by atoms with Crippen LogP contribution in [0.3, 0.4) is 0 Å². The molecule has 5 aromatic rings. The van der Waals surface area contributed by atoms with Crippen LogP contribution in [-0.2, 0) is 4.79 Å². The Morgan fingerprint density at radius 1 is 1.02 bits per heavy atom. The predicted octanol–water partition coefficient (Wildman–Crippen LogP) is 5.25.